The summed E-state index contributed by atoms with van der Waals surface area (Å²) in [5, 5.41) is 5.88. The standard InChI is InChI=1S/C29H47N3O4/c1-8-10-18-30-26(33)25(22-16-14-21(9-2)15-17-22)32(23-12-11-13-23)27(34)24(19-20(3)4)31-28(35)36-29(5,6)7/h14-17,20,23-25H,8-13,18-19H2,1-7H3,(H,30,33)(H,31,35). The summed E-state index contributed by atoms with van der Waals surface area (Å²) in [7, 11) is 0. The van der Waals surface area contributed by atoms with E-state index in [1.165, 1.54) is 5.56 Å². The highest BCUT2D eigenvalue weighted by molar-refractivity contribution is 5.92. The van der Waals surface area contributed by atoms with E-state index >= 15 is 0 Å². The van der Waals surface area contributed by atoms with Crippen LogP contribution in [0, 0.1) is 5.92 Å². The number of nitrogens with zero attached hydrogens (tertiary/aromatic N) is 1. The van der Waals surface area contributed by atoms with E-state index in [1.807, 2.05) is 38.1 Å². The third-order valence-electron chi connectivity index (χ3n) is 6.48. The lowest BCUT2D eigenvalue weighted by molar-refractivity contribution is -0.147. The van der Waals surface area contributed by atoms with Gasteiger partial charge >= 0.3 is 6.09 Å². The van der Waals surface area contributed by atoms with Crippen molar-refractivity contribution in [1.82, 2.24) is 15.5 Å². The van der Waals surface area contributed by atoms with Gasteiger partial charge in [-0.3, -0.25) is 9.59 Å². The van der Waals surface area contributed by atoms with Gasteiger partial charge in [0.2, 0.25) is 11.8 Å². The predicted molar refractivity (Wildman–Crippen MR) is 144 cm³/mol. The van der Waals surface area contributed by atoms with Crippen LogP contribution in [0.15, 0.2) is 24.3 Å². The lowest BCUT2D eigenvalue weighted by Crippen LogP contribution is -2.57. The highest BCUT2D eigenvalue weighted by Gasteiger charge is 2.42. The van der Waals surface area contributed by atoms with E-state index in [9.17, 15) is 14.4 Å². The van der Waals surface area contributed by atoms with Crippen LogP contribution in [0.3, 0.4) is 0 Å². The maximum Gasteiger partial charge on any atom is 0.408 e. The molecule has 1 aromatic carbocycles. The van der Waals surface area contributed by atoms with Crippen molar-refractivity contribution in [1.29, 1.82) is 0 Å². The molecule has 0 spiro atoms. The molecule has 1 fully saturated rings. The van der Waals surface area contributed by atoms with Gasteiger partial charge in [-0.2, -0.15) is 0 Å². The molecule has 1 aromatic rings. The summed E-state index contributed by atoms with van der Waals surface area (Å²) >= 11 is 0. The van der Waals surface area contributed by atoms with Crippen LogP contribution in [0.2, 0.25) is 0 Å². The third-order valence-corrected chi connectivity index (χ3v) is 6.48. The number of carbonyl (C=O) groups is 3. The Morgan fingerprint density at radius 3 is 2.19 bits per heavy atom. The molecule has 0 bridgehead atoms. The molecule has 1 saturated carbocycles. The zero-order valence-electron chi connectivity index (χ0n) is 23.4. The Morgan fingerprint density at radius 2 is 1.72 bits per heavy atom. The van der Waals surface area contributed by atoms with E-state index < -0.39 is 23.8 Å². The number of nitrogens with one attached hydrogen (secondary N) is 2. The van der Waals surface area contributed by atoms with Crippen molar-refractivity contribution < 1.29 is 19.1 Å². The maximum atomic E-state index is 14.2. The van der Waals surface area contributed by atoms with Crippen LogP contribution >= 0.6 is 0 Å². The molecular formula is C29H47N3O4. The minimum absolute atomic E-state index is 0.0413. The number of hydrogen-bond acceptors (Lipinski definition) is 4. The highest BCUT2D eigenvalue weighted by Crippen LogP contribution is 2.34. The fourth-order valence-corrected chi connectivity index (χ4v) is 4.36. The molecule has 2 atom stereocenters. The van der Waals surface area contributed by atoms with Gasteiger partial charge in [-0.05, 0) is 76.3 Å². The Hall–Kier alpha value is -2.57. The zero-order chi connectivity index (χ0) is 26.9. The lowest BCUT2D eigenvalue weighted by Gasteiger charge is -2.43. The van der Waals surface area contributed by atoms with E-state index in [-0.39, 0.29) is 23.8 Å². The fourth-order valence-electron chi connectivity index (χ4n) is 4.36. The molecule has 2 rings (SSSR count). The smallest absolute Gasteiger partial charge is 0.408 e. The third kappa shape index (κ3) is 8.82. The van der Waals surface area contributed by atoms with Crippen molar-refractivity contribution in [3.05, 3.63) is 35.4 Å². The van der Waals surface area contributed by atoms with Crippen LogP contribution in [0.25, 0.3) is 0 Å². The molecule has 202 valence electrons. The summed E-state index contributed by atoms with van der Waals surface area (Å²) < 4.78 is 5.46. The second kappa shape index (κ2) is 13.7. The number of carbonyl (C=O) groups excluding carboxylic acids is 3. The number of benzene rings is 1. The molecule has 0 aromatic heterocycles. The number of rotatable bonds is 12. The first-order valence-electron chi connectivity index (χ1n) is 13.6. The number of amides is 3. The molecule has 0 radical (unpaired) electrons. The monoisotopic (exact) mass is 501 g/mol. The molecule has 3 amide bonds. The van der Waals surface area contributed by atoms with Gasteiger partial charge in [-0.15, -0.1) is 0 Å². The van der Waals surface area contributed by atoms with Crippen molar-refractivity contribution in [2.24, 2.45) is 5.92 Å². The van der Waals surface area contributed by atoms with Gasteiger partial charge in [0.05, 0.1) is 0 Å². The average molecular weight is 502 g/mol. The maximum absolute atomic E-state index is 14.2. The Morgan fingerprint density at radius 1 is 1.08 bits per heavy atom. The minimum atomic E-state index is -0.777. The quantitative estimate of drug-likeness (QED) is 0.369. The van der Waals surface area contributed by atoms with Gasteiger partial charge in [-0.1, -0.05) is 58.4 Å². The first kappa shape index (κ1) is 29.7. The largest absolute Gasteiger partial charge is 0.444 e. The van der Waals surface area contributed by atoms with Crippen molar-refractivity contribution in [2.75, 3.05) is 6.54 Å². The van der Waals surface area contributed by atoms with Gasteiger partial charge in [0.25, 0.3) is 0 Å². The van der Waals surface area contributed by atoms with Crippen molar-refractivity contribution in [3.8, 4) is 0 Å². The summed E-state index contributed by atoms with van der Waals surface area (Å²) in [4.78, 5) is 42.2. The second-order valence-corrected chi connectivity index (χ2v) is 11.3. The molecule has 7 heteroatoms. The van der Waals surface area contributed by atoms with Crippen LogP contribution < -0.4 is 10.6 Å². The van der Waals surface area contributed by atoms with E-state index in [0.29, 0.717) is 13.0 Å². The Labute approximate surface area is 217 Å². The predicted octanol–water partition coefficient (Wildman–Crippen LogP) is 5.53. The molecule has 36 heavy (non-hydrogen) atoms. The molecule has 0 aliphatic heterocycles. The molecule has 2 unspecified atom stereocenters. The molecule has 2 N–H and O–H groups in total. The zero-order valence-corrected chi connectivity index (χ0v) is 23.4. The second-order valence-electron chi connectivity index (χ2n) is 11.3. The average Bonchev–Trinajstić information content (AvgIpc) is 2.75. The summed E-state index contributed by atoms with van der Waals surface area (Å²) in [6.07, 6.45) is 5.29. The van der Waals surface area contributed by atoms with Crippen LogP contribution in [-0.4, -0.2) is 47.0 Å². The van der Waals surface area contributed by atoms with Gasteiger partial charge in [0.15, 0.2) is 0 Å². The van der Waals surface area contributed by atoms with Crippen molar-refractivity contribution in [2.45, 2.75) is 117 Å². The highest BCUT2D eigenvalue weighted by atomic mass is 16.6. The lowest BCUT2D eigenvalue weighted by atomic mass is 9.87. The van der Waals surface area contributed by atoms with Gasteiger partial charge < -0.3 is 20.3 Å². The van der Waals surface area contributed by atoms with Crippen LogP contribution in [0.5, 0.6) is 0 Å². The van der Waals surface area contributed by atoms with E-state index in [1.54, 1.807) is 25.7 Å². The van der Waals surface area contributed by atoms with E-state index in [0.717, 1.165) is 44.1 Å². The fraction of sp³-hybridized carbons (Fsp3) is 0.690. The van der Waals surface area contributed by atoms with Gasteiger partial charge in [-0.25, -0.2) is 4.79 Å². The Kier molecular flexibility index (Phi) is 11.3. The molecule has 7 nitrogen and oxygen atoms in total. The van der Waals surface area contributed by atoms with Gasteiger partial charge in [0.1, 0.15) is 17.7 Å². The number of ether oxygens (including phenoxy) is 1. The van der Waals surface area contributed by atoms with Crippen molar-refractivity contribution in [3.63, 3.8) is 0 Å². The van der Waals surface area contributed by atoms with Crippen LogP contribution in [-0.2, 0) is 20.7 Å². The van der Waals surface area contributed by atoms with Crippen LogP contribution in [0.4, 0.5) is 4.79 Å². The number of aryl methyl sites for hydroxylation is 1. The molecule has 1 aliphatic carbocycles. The molecular weight excluding hydrogens is 454 g/mol. The normalized spacial score (nSPS) is 15.6. The minimum Gasteiger partial charge on any atom is -0.444 e. The van der Waals surface area contributed by atoms with Crippen LogP contribution in [0.1, 0.15) is 104 Å². The Balaban J connectivity index is 2.45. The first-order valence-corrected chi connectivity index (χ1v) is 13.6. The summed E-state index contributed by atoms with van der Waals surface area (Å²) in [6, 6.07) is 6.40. The van der Waals surface area contributed by atoms with Crippen molar-refractivity contribution >= 4 is 17.9 Å². The molecule has 0 saturated heterocycles. The topological polar surface area (TPSA) is 87.7 Å². The Bertz CT molecular complexity index is 856. The molecule has 1 aliphatic rings. The number of unbranched alkanes of at least 4 members (excludes halogenated alkanes) is 1. The van der Waals surface area contributed by atoms with Gasteiger partial charge in [0, 0.05) is 12.6 Å². The summed E-state index contributed by atoms with van der Waals surface area (Å²) in [5.74, 6) is -0.235. The van der Waals surface area contributed by atoms with E-state index in [2.05, 4.69) is 24.5 Å². The SMILES string of the molecule is CCCCNC(=O)C(c1ccc(CC)cc1)N(C(=O)C(CC(C)C)NC(=O)OC(C)(C)C)C1CCC1. The number of alkyl carbamates (subject to hydrolysis) is 1. The summed E-state index contributed by atoms with van der Waals surface area (Å²) in [5.41, 5.74) is 1.29. The summed E-state index contributed by atoms with van der Waals surface area (Å²) in [6.45, 7) is 14.2. The molecule has 0 heterocycles. The number of hydrogen-bond donors (Lipinski definition) is 2. The first-order chi connectivity index (χ1) is 17.0. The van der Waals surface area contributed by atoms with E-state index in [4.69, 9.17) is 4.74 Å².